The standard InChI is InChI=1S/C21H22F3N3/c1-20(2,3)14-8-9-17-15(10-14)18(16(11-25)19(26)27-17)12-4-6-13(7-5-12)21(22,23)24/h4-7,14H,8-10H2,1-3H3,(H2,26,27). The zero-order valence-electron chi connectivity index (χ0n) is 15.6. The minimum Gasteiger partial charge on any atom is -0.383 e. The molecule has 0 spiro atoms. The van der Waals surface area contributed by atoms with Crippen LogP contribution < -0.4 is 5.73 Å². The molecular weight excluding hydrogens is 351 g/mol. The molecule has 0 fully saturated rings. The van der Waals surface area contributed by atoms with Crippen LogP contribution in [-0.4, -0.2) is 4.98 Å². The molecule has 1 aromatic heterocycles. The molecule has 6 heteroatoms. The number of alkyl halides is 3. The number of nitrogens with zero attached hydrogens (tertiary/aromatic N) is 2. The summed E-state index contributed by atoms with van der Waals surface area (Å²) < 4.78 is 38.7. The van der Waals surface area contributed by atoms with Crippen LogP contribution in [0.5, 0.6) is 0 Å². The Bertz CT molecular complexity index is 901. The highest BCUT2D eigenvalue weighted by Gasteiger charge is 2.33. The average molecular weight is 373 g/mol. The number of hydrogen-bond acceptors (Lipinski definition) is 3. The van der Waals surface area contributed by atoms with E-state index in [4.69, 9.17) is 5.73 Å². The molecule has 1 atom stereocenters. The van der Waals surface area contributed by atoms with Gasteiger partial charge in [0.1, 0.15) is 17.5 Å². The molecule has 2 N–H and O–H groups in total. The Hall–Kier alpha value is -2.55. The summed E-state index contributed by atoms with van der Waals surface area (Å²) in [4.78, 5) is 4.42. The third-order valence-corrected chi connectivity index (χ3v) is 5.43. The van der Waals surface area contributed by atoms with Gasteiger partial charge in [0.05, 0.1) is 5.56 Å². The number of nitrogens with two attached hydrogens (primary N) is 1. The molecule has 0 saturated carbocycles. The maximum atomic E-state index is 12.9. The highest BCUT2D eigenvalue weighted by atomic mass is 19.4. The number of nitriles is 1. The van der Waals surface area contributed by atoms with E-state index in [2.05, 4.69) is 31.8 Å². The normalized spacial score (nSPS) is 17.3. The molecule has 0 radical (unpaired) electrons. The summed E-state index contributed by atoms with van der Waals surface area (Å²) in [7, 11) is 0. The lowest BCUT2D eigenvalue weighted by Crippen LogP contribution is -2.28. The fourth-order valence-corrected chi connectivity index (χ4v) is 3.77. The van der Waals surface area contributed by atoms with E-state index in [1.165, 1.54) is 12.1 Å². The van der Waals surface area contributed by atoms with E-state index in [1.54, 1.807) is 0 Å². The fourth-order valence-electron chi connectivity index (χ4n) is 3.77. The number of rotatable bonds is 1. The summed E-state index contributed by atoms with van der Waals surface area (Å²) in [5, 5.41) is 9.62. The van der Waals surface area contributed by atoms with Crippen LogP contribution in [-0.2, 0) is 19.0 Å². The molecule has 1 unspecified atom stereocenters. The molecule has 0 aliphatic heterocycles. The number of fused-ring (bicyclic) bond motifs is 1. The molecule has 3 rings (SSSR count). The van der Waals surface area contributed by atoms with Crippen LogP contribution in [0.2, 0.25) is 0 Å². The van der Waals surface area contributed by atoms with Crippen molar-refractivity contribution in [2.75, 3.05) is 5.73 Å². The first-order valence-electron chi connectivity index (χ1n) is 8.91. The van der Waals surface area contributed by atoms with Crippen molar-refractivity contribution in [3.8, 4) is 17.2 Å². The zero-order valence-corrected chi connectivity index (χ0v) is 15.6. The van der Waals surface area contributed by atoms with Gasteiger partial charge in [0.25, 0.3) is 0 Å². The molecule has 0 amide bonds. The molecule has 3 nitrogen and oxygen atoms in total. The molecule has 0 bridgehead atoms. The van der Waals surface area contributed by atoms with Crippen molar-refractivity contribution in [1.82, 2.24) is 4.98 Å². The lowest BCUT2D eigenvalue weighted by molar-refractivity contribution is -0.137. The highest BCUT2D eigenvalue weighted by molar-refractivity contribution is 5.79. The average Bonchev–Trinajstić information content (AvgIpc) is 2.58. The summed E-state index contributed by atoms with van der Waals surface area (Å²) in [5.74, 6) is 0.538. The van der Waals surface area contributed by atoms with Gasteiger partial charge >= 0.3 is 6.18 Å². The van der Waals surface area contributed by atoms with Gasteiger partial charge in [-0.3, -0.25) is 0 Å². The maximum absolute atomic E-state index is 12.9. The van der Waals surface area contributed by atoms with Gasteiger partial charge in [-0.1, -0.05) is 32.9 Å². The number of hydrogen-bond donors (Lipinski definition) is 1. The van der Waals surface area contributed by atoms with E-state index in [9.17, 15) is 18.4 Å². The van der Waals surface area contributed by atoms with Gasteiger partial charge in [-0.05, 0) is 53.9 Å². The molecule has 1 aromatic carbocycles. The van der Waals surface area contributed by atoms with E-state index >= 15 is 0 Å². The van der Waals surface area contributed by atoms with E-state index in [0.29, 0.717) is 17.0 Å². The zero-order chi connectivity index (χ0) is 20.0. The van der Waals surface area contributed by atoms with Crippen molar-refractivity contribution in [3.05, 3.63) is 46.6 Å². The number of aryl methyl sites for hydroxylation is 1. The van der Waals surface area contributed by atoms with E-state index in [-0.39, 0.29) is 16.8 Å². The lowest BCUT2D eigenvalue weighted by Gasteiger charge is -2.35. The first kappa shape index (κ1) is 19.2. The molecule has 142 valence electrons. The van der Waals surface area contributed by atoms with E-state index < -0.39 is 11.7 Å². The lowest BCUT2D eigenvalue weighted by atomic mass is 9.70. The Labute approximate surface area is 157 Å². The van der Waals surface area contributed by atoms with Gasteiger partial charge in [0.2, 0.25) is 0 Å². The third-order valence-electron chi connectivity index (χ3n) is 5.43. The number of pyridine rings is 1. The monoisotopic (exact) mass is 373 g/mol. The van der Waals surface area contributed by atoms with Crippen LogP contribution in [0.3, 0.4) is 0 Å². The SMILES string of the molecule is CC(C)(C)C1CCc2nc(N)c(C#N)c(-c3ccc(C(F)(F)F)cc3)c2C1. The van der Waals surface area contributed by atoms with Crippen molar-refractivity contribution in [2.45, 2.75) is 46.2 Å². The van der Waals surface area contributed by atoms with Crippen molar-refractivity contribution >= 4 is 5.82 Å². The smallest absolute Gasteiger partial charge is 0.383 e. The van der Waals surface area contributed by atoms with Crippen molar-refractivity contribution < 1.29 is 13.2 Å². The Balaban J connectivity index is 2.17. The van der Waals surface area contributed by atoms with Crippen molar-refractivity contribution in [1.29, 1.82) is 5.26 Å². The number of benzene rings is 1. The molecular formula is C21H22F3N3. The minimum atomic E-state index is -4.40. The summed E-state index contributed by atoms with van der Waals surface area (Å²) in [6.45, 7) is 6.53. The molecule has 2 aromatic rings. The van der Waals surface area contributed by atoms with E-state index in [1.807, 2.05) is 0 Å². The molecule has 1 heterocycles. The topological polar surface area (TPSA) is 62.7 Å². The van der Waals surface area contributed by atoms with Crippen molar-refractivity contribution in [2.24, 2.45) is 11.3 Å². The predicted molar refractivity (Wildman–Crippen MR) is 98.8 cm³/mol. The number of nitrogen functional groups attached to an aromatic ring is 1. The number of aromatic nitrogens is 1. The van der Waals surface area contributed by atoms with Crippen LogP contribution in [0, 0.1) is 22.7 Å². The quantitative estimate of drug-likeness (QED) is 0.731. The van der Waals surface area contributed by atoms with Crippen LogP contribution in [0.4, 0.5) is 19.0 Å². The van der Waals surface area contributed by atoms with E-state index in [0.717, 1.165) is 42.7 Å². The number of anilines is 1. The van der Waals surface area contributed by atoms with Gasteiger partial charge in [0, 0.05) is 11.3 Å². The Morgan fingerprint density at radius 2 is 1.78 bits per heavy atom. The molecule has 1 aliphatic rings. The molecule has 0 saturated heterocycles. The largest absolute Gasteiger partial charge is 0.416 e. The summed E-state index contributed by atoms with van der Waals surface area (Å²) >= 11 is 0. The Kier molecular flexibility index (Phi) is 4.67. The molecule has 27 heavy (non-hydrogen) atoms. The summed E-state index contributed by atoms with van der Waals surface area (Å²) in [6, 6.07) is 7.02. The van der Waals surface area contributed by atoms with Gasteiger partial charge in [-0.25, -0.2) is 4.98 Å². The third kappa shape index (κ3) is 3.64. The van der Waals surface area contributed by atoms with Crippen LogP contribution in [0.1, 0.15) is 49.6 Å². The van der Waals surface area contributed by atoms with Gasteiger partial charge in [-0.2, -0.15) is 18.4 Å². The summed E-state index contributed by atoms with van der Waals surface area (Å²) in [6.07, 6.45) is -1.94. The van der Waals surface area contributed by atoms with Crippen LogP contribution >= 0.6 is 0 Å². The van der Waals surface area contributed by atoms with Gasteiger partial charge < -0.3 is 5.73 Å². The van der Waals surface area contributed by atoms with Crippen molar-refractivity contribution in [3.63, 3.8) is 0 Å². The van der Waals surface area contributed by atoms with Gasteiger partial charge in [-0.15, -0.1) is 0 Å². The first-order valence-corrected chi connectivity index (χ1v) is 8.91. The minimum absolute atomic E-state index is 0.0866. The van der Waals surface area contributed by atoms with Crippen LogP contribution in [0.15, 0.2) is 24.3 Å². The second-order valence-corrected chi connectivity index (χ2v) is 8.16. The van der Waals surface area contributed by atoms with Crippen LogP contribution in [0.25, 0.3) is 11.1 Å². The predicted octanol–water partition coefficient (Wildman–Crippen LogP) is 5.37. The maximum Gasteiger partial charge on any atom is 0.416 e. The second-order valence-electron chi connectivity index (χ2n) is 8.16. The summed E-state index contributed by atoms with van der Waals surface area (Å²) in [5.41, 5.74) is 8.59. The number of halogens is 3. The highest BCUT2D eigenvalue weighted by Crippen LogP contribution is 2.42. The second kappa shape index (κ2) is 6.56. The Morgan fingerprint density at radius 3 is 2.30 bits per heavy atom. The first-order chi connectivity index (χ1) is 12.5. The molecule has 1 aliphatic carbocycles. The fraction of sp³-hybridized carbons (Fsp3) is 0.429. The van der Waals surface area contributed by atoms with Gasteiger partial charge in [0.15, 0.2) is 0 Å². The Morgan fingerprint density at radius 1 is 1.15 bits per heavy atom.